The molecule has 1 aromatic rings. The van der Waals surface area contributed by atoms with Crippen LogP contribution in [0.15, 0.2) is 6.07 Å². The molecule has 1 aliphatic carbocycles. The van der Waals surface area contributed by atoms with Crippen molar-refractivity contribution < 1.29 is 4.79 Å². The van der Waals surface area contributed by atoms with E-state index in [1.165, 1.54) is 17.7 Å². The molecule has 58 valence electrons. The molecule has 0 saturated carbocycles. The van der Waals surface area contributed by atoms with E-state index in [9.17, 15) is 4.79 Å². The second kappa shape index (κ2) is 2.12. The average Bonchev–Trinajstić information content (AvgIpc) is 2.40. The molecule has 0 aromatic carbocycles. The number of hydrogen-bond acceptors (Lipinski definition) is 1. The number of nitrogens with one attached hydrogen (secondary N) is 1. The van der Waals surface area contributed by atoms with E-state index in [1.807, 2.05) is 6.07 Å². The first-order valence-electron chi connectivity index (χ1n) is 3.78. The second-order valence-electron chi connectivity index (χ2n) is 2.90. The number of amides is 1. The quantitative estimate of drug-likeness (QED) is 0.605. The Balaban J connectivity index is 2.42. The van der Waals surface area contributed by atoms with Gasteiger partial charge in [0.2, 0.25) is 0 Å². The lowest BCUT2D eigenvalue weighted by molar-refractivity contribution is 0.0996. The number of aromatic nitrogens is 1. The Morgan fingerprint density at radius 1 is 1.55 bits per heavy atom. The molecule has 0 radical (unpaired) electrons. The molecule has 0 spiro atoms. The normalized spacial score (nSPS) is 14.9. The highest BCUT2D eigenvalue weighted by Crippen LogP contribution is 2.21. The van der Waals surface area contributed by atoms with Crippen molar-refractivity contribution in [1.82, 2.24) is 4.98 Å². The first-order chi connectivity index (χ1) is 5.27. The average molecular weight is 150 g/mol. The van der Waals surface area contributed by atoms with Crippen LogP contribution in [0.5, 0.6) is 0 Å². The molecule has 3 heteroatoms. The van der Waals surface area contributed by atoms with E-state index in [1.54, 1.807) is 0 Å². The van der Waals surface area contributed by atoms with Crippen molar-refractivity contribution in [3.8, 4) is 0 Å². The molecule has 3 nitrogen and oxygen atoms in total. The Morgan fingerprint density at radius 3 is 3.00 bits per heavy atom. The van der Waals surface area contributed by atoms with Gasteiger partial charge in [0.1, 0.15) is 5.69 Å². The molecule has 3 N–H and O–H groups in total. The summed E-state index contributed by atoms with van der Waals surface area (Å²) in [7, 11) is 0. The smallest absolute Gasteiger partial charge is 0.265 e. The molecular formula is C8H10N2O. The molecule has 0 atom stereocenters. The summed E-state index contributed by atoms with van der Waals surface area (Å²) in [5.74, 6) is -0.362. The van der Waals surface area contributed by atoms with Crippen LogP contribution in [-0.4, -0.2) is 10.9 Å². The van der Waals surface area contributed by atoms with Crippen LogP contribution in [0.4, 0.5) is 0 Å². The van der Waals surface area contributed by atoms with E-state index >= 15 is 0 Å². The van der Waals surface area contributed by atoms with E-state index in [4.69, 9.17) is 5.73 Å². The van der Waals surface area contributed by atoms with Gasteiger partial charge < -0.3 is 10.7 Å². The summed E-state index contributed by atoms with van der Waals surface area (Å²) in [4.78, 5) is 13.7. The van der Waals surface area contributed by atoms with Gasteiger partial charge in [-0.05, 0) is 30.9 Å². The van der Waals surface area contributed by atoms with Crippen LogP contribution in [0.2, 0.25) is 0 Å². The standard InChI is InChI=1S/C8H10N2O/c9-8(11)7-4-5-2-1-3-6(5)10-7/h4,10H,1-3H2,(H2,9,11). The summed E-state index contributed by atoms with van der Waals surface area (Å²) < 4.78 is 0. The molecule has 2 rings (SSSR count). The third kappa shape index (κ3) is 0.926. The summed E-state index contributed by atoms with van der Waals surface area (Å²) >= 11 is 0. The summed E-state index contributed by atoms with van der Waals surface area (Å²) in [6.45, 7) is 0. The van der Waals surface area contributed by atoms with Crippen LogP contribution in [-0.2, 0) is 12.8 Å². The summed E-state index contributed by atoms with van der Waals surface area (Å²) in [5.41, 5.74) is 8.11. The molecule has 0 fully saturated rings. The van der Waals surface area contributed by atoms with Gasteiger partial charge in [0.25, 0.3) is 5.91 Å². The second-order valence-corrected chi connectivity index (χ2v) is 2.90. The minimum Gasteiger partial charge on any atom is -0.364 e. The van der Waals surface area contributed by atoms with Crippen molar-refractivity contribution in [1.29, 1.82) is 0 Å². The van der Waals surface area contributed by atoms with Gasteiger partial charge in [-0.15, -0.1) is 0 Å². The van der Waals surface area contributed by atoms with Crippen molar-refractivity contribution in [3.63, 3.8) is 0 Å². The Bertz CT molecular complexity index is 280. The number of aromatic amines is 1. The number of carbonyl (C=O) groups is 1. The van der Waals surface area contributed by atoms with Gasteiger partial charge in [0.05, 0.1) is 0 Å². The van der Waals surface area contributed by atoms with Crippen molar-refractivity contribution >= 4 is 5.91 Å². The van der Waals surface area contributed by atoms with E-state index in [2.05, 4.69) is 4.98 Å². The number of aryl methyl sites for hydroxylation is 2. The van der Waals surface area contributed by atoms with E-state index < -0.39 is 0 Å². The van der Waals surface area contributed by atoms with Gasteiger partial charge in [-0.1, -0.05) is 0 Å². The fraction of sp³-hybridized carbons (Fsp3) is 0.375. The third-order valence-electron chi connectivity index (χ3n) is 2.13. The van der Waals surface area contributed by atoms with Crippen LogP contribution in [0.25, 0.3) is 0 Å². The molecular weight excluding hydrogens is 140 g/mol. The number of rotatable bonds is 1. The molecule has 11 heavy (non-hydrogen) atoms. The lowest BCUT2D eigenvalue weighted by Gasteiger charge is -1.88. The molecule has 0 saturated heterocycles. The predicted octanol–water partition coefficient (Wildman–Crippen LogP) is 0.602. The fourth-order valence-electron chi connectivity index (χ4n) is 1.57. The molecule has 0 aliphatic heterocycles. The fourth-order valence-corrected chi connectivity index (χ4v) is 1.57. The summed E-state index contributed by atoms with van der Waals surface area (Å²) in [5, 5.41) is 0. The zero-order chi connectivity index (χ0) is 7.84. The Labute approximate surface area is 64.6 Å². The first-order valence-corrected chi connectivity index (χ1v) is 3.78. The number of primary amides is 1. The van der Waals surface area contributed by atoms with Crippen LogP contribution < -0.4 is 5.73 Å². The Morgan fingerprint density at radius 2 is 2.36 bits per heavy atom. The number of H-pyrrole nitrogens is 1. The maximum atomic E-state index is 10.7. The zero-order valence-corrected chi connectivity index (χ0v) is 6.18. The summed E-state index contributed by atoms with van der Waals surface area (Å²) in [6, 6.07) is 1.87. The maximum Gasteiger partial charge on any atom is 0.265 e. The van der Waals surface area contributed by atoms with Gasteiger partial charge >= 0.3 is 0 Å². The van der Waals surface area contributed by atoms with Crippen molar-refractivity contribution in [3.05, 3.63) is 23.0 Å². The minimum absolute atomic E-state index is 0.362. The topological polar surface area (TPSA) is 58.9 Å². The van der Waals surface area contributed by atoms with Crippen LogP contribution in [0.3, 0.4) is 0 Å². The van der Waals surface area contributed by atoms with Crippen molar-refractivity contribution in [2.75, 3.05) is 0 Å². The maximum absolute atomic E-state index is 10.7. The molecule has 0 bridgehead atoms. The monoisotopic (exact) mass is 150 g/mol. The highest BCUT2D eigenvalue weighted by atomic mass is 16.1. The van der Waals surface area contributed by atoms with Crippen LogP contribution >= 0.6 is 0 Å². The molecule has 0 unspecified atom stereocenters. The Kier molecular flexibility index (Phi) is 1.24. The van der Waals surface area contributed by atoms with Crippen LogP contribution in [0.1, 0.15) is 28.2 Å². The van der Waals surface area contributed by atoms with E-state index in [0.29, 0.717) is 5.69 Å². The van der Waals surface area contributed by atoms with Gasteiger partial charge in [0, 0.05) is 5.69 Å². The van der Waals surface area contributed by atoms with Crippen LogP contribution in [0, 0.1) is 0 Å². The van der Waals surface area contributed by atoms with Crippen molar-refractivity contribution in [2.24, 2.45) is 5.73 Å². The van der Waals surface area contributed by atoms with Gasteiger partial charge in [-0.25, -0.2) is 0 Å². The Hall–Kier alpha value is -1.25. The minimum atomic E-state index is -0.362. The first kappa shape index (κ1) is 6.46. The molecule has 1 heterocycles. The lowest BCUT2D eigenvalue weighted by Crippen LogP contribution is -2.11. The number of fused-ring (bicyclic) bond motifs is 1. The van der Waals surface area contributed by atoms with Gasteiger partial charge in [0.15, 0.2) is 0 Å². The molecule has 1 aromatic heterocycles. The van der Waals surface area contributed by atoms with E-state index in [0.717, 1.165) is 12.8 Å². The van der Waals surface area contributed by atoms with E-state index in [-0.39, 0.29) is 5.91 Å². The highest BCUT2D eigenvalue weighted by Gasteiger charge is 2.15. The molecule has 1 aliphatic rings. The number of hydrogen-bond donors (Lipinski definition) is 2. The highest BCUT2D eigenvalue weighted by molar-refractivity contribution is 5.91. The molecule has 1 amide bonds. The largest absolute Gasteiger partial charge is 0.364 e. The number of carbonyl (C=O) groups excluding carboxylic acids is 1. The zero-order valence-electron chi connectivity index (χ0n) is 6.18. The third-order valence-corrected chi connectivity index (χ3v) is 2.13. The summed E-state index contributed by atoms with van der Waals surface area (Å²) in [6.07, 6.45) is 3.34. The number of nitrogens with two attached hydrogens (primary N) is 1. The van der Waals surface area contributed by atoms with Crippen molar-refractivity contribution in [2.45, 2.75) is 19.3 Å². The lowest BCUT2D eigenvalue weighted by atomic mass is 10.2. The van der Waals surface area contributed by atoms with Gasteiger partial charge in [-0.3, -0.25) is 4.79 Å². The SMILES string of the molecule is NC(=O)c1cc2c([nH]1)CCC2. The predicted molar refractivity (Wildman–Crippen MR) is 41.3 cm³/mol. The van der Waals surface area contributed by atoms with Gasteiger partial charge in [-0.2, -0.15) is 0 Å².